The summed E-state index contributed by atoms with van der Waals surface area (Å²) in [4.78, 5) is 38.6. The number of aryl methyl sites for hydroxylation is 1. The molecule has 3 aromatic carbocycles. The molecular weight excluding hydrogens is 642 g/mol. The van der Waals surface area contributed by atoms with Crippen LogP contribution in [-0.4, -0.2) is 48.0 Å². The number of amides is 2. The van der Waals surface area contributed by atoms with E-state index in [1.54, 1.807) is 28.0 Å². The number of hydrogen-bond donors (Lipinski definition) is 1. The minimum absolute atomic E-state index is 0.0118. The first-order valence-corrected chi connectivity index (χ1v) is 16.4. The minimum Gasteiger partial charge on any atom is -0.345 e. The average Bonchev–Trinajstić information content (AvgIpc) is 3.84. The number of nitro groups is 1. The maximum Gasteiger partial charge on any atom is 0.273 e. The number of carbonyl (C=O) groups is 2. The Balaban J connectivity index is 1.24. The second-order valence-electron chi connectivity index (χ2n) is 10.8. The Morgan fingerprint density at radius 1 is 1.04 bits per heavy atom. The van der Waals surface area contributed by atoms with Crippen molar-refractivity contribution in [1.82, 2.24) is 25.1 Å². The van der Waals surface area contributed by atoms with E-state index < -0.39 is 16.6 Å². The maximum atomic E-state index is 13.8. The molecule has 0 saturated heterocycles. The van der Waals surface area contributed by atoms with E-state index in [9.17, 15) is 24.1 Å². The largest absolute Gasteiger partial charge is 0.345 e. The second kappa shape index (κ2) is 13.6. The fourth-order valence-corrected chi connectivity index (χ4v) is 6.80. The van der Waals surface area contributed by atoms with E-state index in [2.05, 4.69) is 15.5 Å². The molecule has 1 N–H and O–H groups in total. The number of thiophene rings is 1. The number of benzene rings is 3. The van der Waals surface area contributed by atoms with Crippen molar-refractivity contribution in [2.24, 2.45) is 5.10 Å². The molecule has 5 aromatic rings. The van der Waals surface area contributed by atoms with Crippen LogP contribution in [0.2, 0.25) is 0 Å². The molecule has 2 amide bonds. The van der Waals surface area contributed by atoms with Gasteiger partial charge in [-0.05, 0) is 61.2 Å². The van der Waals surface area contributed by atoms with E-state index >= 15 is 0 Å². The quantitative estimate of drug-likeness (QED) is 0.103. The number of carbonyl (C=O) groups excluding carboxylic acids is 2. The molecule has 238 valence electrons. The van der Waals surface area contributed by atoms with Gasteiger partial charge in [0.1, 0.15) is 5.82 Å². The molecule has 1 aliphatic heterocycles. The van der Waals surface area contributed by atoms with E-state index in [1.165, 1.54) is 42.3 Å². The maximum absolute atomic E-state index is 13.8. The molecule has 2 aromatic heterocycles. The van der Waals surface area contributed by atoms with Crippen molar-refractivity contribution in [1.29, 1.82) is 0 Å². The molecular formula is C33H28FN7O4S2. The molecule has 0 fully saturated rings. The molecule has 1 unspecified atom stereocenters. The molecule has 0 aliphatic carbocycles. The third-order valence-corrected chi connectivity index (χ3v) is 9.53. The summed E-state index contributed by atoms with van der Waals surface area (Å²) >= 11 is 2.72. The van der Waals surface area contributed by atoms with Crippen LogP contribution in [0, 0.1) is 29.8 Å². The fraction of sp³-hybridized carbons (Fsp3) is 0.182. The highest BCUT2D eigenvalue weighted by atomic mass is 32.2. The van der Waals surface area contributed by atoms with E-state index in [-0.39, 0.29) is 41.1 Å². The predicted molar refractivity (Wildman–Crippen MR) is 177 cm³/mol. The van der Waals surface area contributed by atoms with Gasteiger partial charge in [0.15, 0.2) is 11.0 Å². The Labute approximate surface area is 277 Å². The molecule has 0 saturated carbocycles. The zero-order valence-corrected chi connectivity index (χ0v) is 26.9. The van der Waals surface area contributed by atoms with E-state index in [4.69, 9.17) is 5.10 Å². The van der Waals surface area contributed by atoms with Crippen LogP contribution in [0.1, 0.15) is 50.2 Å². The van der Waals surface area contributed by atoms with Crippen LogP contribution in [0.5, 0.6) is 0 Å². The van der Waals surface area contributed by atoms with Crippen molar-refractivity contribution < 1.29 is 18.9 Å². The van der Waals surface area contributed by atoms with Gasteiger partial charge in [-0.15, -0.1) is 21.5 Å². The zero-order valence-electron chi connectivity index (χ0n) is 25.3. The summed E-state index contributed by atoms with van der Waals surface area (Å²) in [5.74, 6) is -0.878. The van der Waals surface area contributed by atoms with Gasteiger partial charge in [-0.1, -0.05) is 53.7 Å². The molecule has 11 nitrogen and oxygen atoms in total. The van der Waals surface area contributed by atoms with Crippen molar-refractivity contribution in [3.8, 4) is 5.69 Å². The first-order valence-electron chi connectivity index (χ1n) is 14.5. The smallest absolute Gasteiger partial charge is 0.273 e. The van der Waals surface area contributed by atoms with Crippen molar-refractivity contribution in [3.63, 3.8) is 0 Å². The normalized spacial score (nSPS) is 14.2. The average molecular weight is 670 g/mol. The summed E-state index contributed by atoms with van der Waals surface area (Å²) in [6, 6.07) is 21.7. The Kier molecular flexibility index (Phi) is 9.22. The molecule has 14 heteroatoms. The van der Waals surface area contributed by atoms with Gasteiger partial charge in [-0.2, -0.15) is 5.10 Å². The van der Waals surface area contributed by atoms with E-state index in [0.717, 1.165) is 33.5 Å². The van der Waals surface area contributed by atoms with Crippen LogP contribution in [0.4, 0.5) is 10.1 Å². The molecule has 47 heavy (non-hydrogen) atoms. The number of nitro benzene ring substituents is 1. The summed E-state index contributed by atoms with van der Waals surface area (Å²) in [6.07, 6.45) is 0.583. The lowest BCUT2D eigenvalue weighted by molar-refractivity contribution is -0.385. The van der Waals surface area contributed by atoms with Gasteiger partial charge < -0.3 is 5.32 Å². The topological polar surface area (TPSA) is 136 Å². The molecule has 6 rings (SSSR count). The molecule has 0 spiro atoms. The first kappa shape index (κ1) is 31.8. The lowest BCUT2D eigenvalue weighted by Crippen LogP contribution is -2.28. The lowest BCUT2D eigenvalue weighted by atomic mass is 10.00. The number of nitrogens with zero attached hydrogens (tertiary/aromatic N) is 6. The Morgan fingerprint density at radius 2 is 1.81 bits per heavy atom. The van der Waals surface area contributed by atoms with E-state index in [1.807, 2.05) is 48.7 Å². The number of hydrogen-bond acceptors (Lipinski definition) is 9. The third-order valence-electron chi connectivity index (χ3n) is 7.70. The lowest BCUT2D eigenvalue weighted by Gasteiger charge is -2.22. The number of halogens is 1. The zero-order chi connectivity index (χ0) is 33.1. The number of hydrazone groups is 1. The van der Waals surface area contributed by atoms with Crippen LogP contribution in [-0.2, 0) is 11.3 Å². The highest BCUT2D eigenvalue weighted by Gasteiger charge is 2.33. The summed E-state index contributed by atoms with van der Waals surface area (Å²) in [7, 11) is 0. The van der Waals surface area contributed by atoms with Crippen LogP contribution in [0.25, 0.3) is 5.69 Å². The second-order valence-corrected chi connectivity index (χ2v) is 12.7. The summed E-state index contributed by atoms with van der Waals surface area (Å²) in [5.41, 5.74) is 3.70. The SMILES string of the molecule is Cc1ccc(C2CC(c3cccs3)=NN2C(=O)CSc2nnc(CNC(=O)c3cccc([N+](=O)[O-])c3C)n2-c2ccc(F)cc2)cc1. The van der Waals surface area contributed by atoms with Gasteiger partial charge in [0, 0.05) is 29.3 Å². The molecule has 1 atom stereocenters. The Morgan fingerprint density at radius 3 is 2.51 bits per heavy atom. The molecule has 1 aliphatic rings. The van der Waals surface area contributed by atoms with Crippen LogP contribution in [0.3, 0.4) is 0 Å². The molecule has 0 radical (unpaired) electrons. The summed E-state index contributed by atoms with van der Waals surface area (Å²) in [6.45, 7) is 3.43. The van der Waals surface area contributed by atoms with Crippen molar-refractivity contribution in [2.75, 3.05) is 5.75 Å². The molecule has 0 bridgehead atoms. The monoisotopic (exact) mass is 669 g/mol. The predicted octanol–water partition coefficient (Wildman–Crippen LogP) is 6.39. The van der Waals surface area contributed by atoms with Crippen LogP contribution >= 0.6 is 23.1 Å². The first-order chi connectivity index (χ1) is 22.7. The fourth-order valence-electron chi connectivity index (χ4n) is 5.25. The third kappa shape index (κ3) is 6.83. The number of nitrogens with one attached hydrogen (secondary N) is 1. The molecule has 3 heterocycles. The van der Waals surface area contributed by atoms with E-state index in [0.29, 0.717) is 23.1 Å². The summed E-state index contributed by atoms with van der Waals surface area (Å²) < 4.78 is 15.5. The van der Waals surface area contributed by atoms with Gasteiger partial charge in [-0.25, -0.2) is 9.40 Å². The highest BCUT2D eigenvalue weighted by Crippen LogP contribution is 2.35. The van der Waals surface area contributed by atoms with Crippen molar-refractivity contribution in [2.45, 2.75) is 38.0 Å². The van der Waals surface area contributed by atoms with Gasteiger partial charge in [0.2, 0.25) is 0 Å². The van der Waals surface area contributed by atoms with Gasteiger partial charge in [0.25, 0.3) is 17.5 Å². The van der Waals surface area contributed by atoms with Gasteiger partial charge >= 0.3 is 0 Å². The number of aromatic nitrogens is 3. The van der Waals surface area contributed by atoms with Crippen LogP contribution in [0.15, 0.2) is 94.5 Å². The van der Waals surface area contributed by atoms with Crippen LogP contribution < -0.4 is 5.32 Å². The number of thioether (sulfide) groups is 1. The Bertz CT molecular complexity index is 1980. The minimum atomic E-state index is -0.540. The summed E-state index contributed by atoms with van der Waals surface area (Å²) in [5, 5.41) is 31.3. The van der Waals surface area contributed by atoms with Gasteiger partial charge in [0.05, 0.1) is 33.9 Å². The standard InChI is InChI=1S/C33H28FN7O4S2/c1-20-8-10-22(11-9-20)28-17-26(29-7-4-16-46-29)38-40(28)31(42)19-47-33-37-36-30(39(33)24-14-12-23(34)13-15-24)18-35-32(43)25-5-3-6-27(21(25)2)41(44)45/h3-16,28H,17-19H2,1-2H3,(H,35,43). The van der Waals surface area contributed by atoms with Gasteiger partial charge in [-0.3, -0.25) is 24.3 Å². The van der Waals surface area contributed by atoms with Crippen molar-refractivity contribution >= 4 is 46.3 Å². The van der Waals surface area contributed by atoms with Crippen molar-refractivity contribution in [3.05, 3.63) is 133 Å². The number of rotatable bonds is 10. The Hall–Kier alpha value is -5.21. The highest BCUT2D eigenvalue weighted by molar-refractivity contribution is 7.99.